The predicted molar refractivity (Wildman–Crippen MR) is 103 cm³/mol. The average molecular weight is 387 g/mol. The van der Waals surface area contributed by atoms with Gasteiger partial charge in [-0.15, -0.1) is 24.8 Å². The number of carbonyl (C=O) groups is 1. The zero-order valence-corrected chi connectivity index (χ0v) is 15.6. The van der Waals surface area contributed by atoms with Gasteiger partial charge >= 0.3 is 0 Å². The molecule has 1 aromatic heterocycles. The number of anilines is 1. The molecule has 1 atom stereocenters. The standard InChI is InChI=1S/C17H22N4O2.2ClH/c22-17(15-11-18-7-9-23-15)19-12-5-6-14-13(10-12)20-16-4-2-1-3-8-21(14)16;;/h5-6,10,15,18H,1-4,7-9,11H2,(H,19,22);2*1H. The van der Waals surface area contributed by atoms with Crippen LogP contribution in [0.5, 0.6) is 0 Å². The zero-order chi connectivity index (χ0) is 15.6. The molecule has 0 aliphatic carbocycles. The molecule has 2 aliphatic heterocycles. The highest BCUT2D eigenvalue weighted by Crippen LogP contribution is 2.24. The van der Waals surface area contributed by atoms with Gasteiger partial charge in [-0.3, -0.25) is 4.79 Å². The molecule has 1 aromatic carbocycles. The average Bonchev–Trinajstić information content (AvgIpc) is 2.76. The largest absolute Gasteiger partial charge is 0.366 e. The Morgan fingerprint density at radius 3 is 2.96 bits per heavy atom. The summed E-state index contributed by atoms with van der Waals surface area (Å²) >= 11 is 0. The minimum atomic E-state index is -0.418. The lowest BCUT2D eigenvalue weighted by molar-refractivity contribution is -0.128. The molecule has 2 aliphatic rings. The van der Waals surface area contributed by atoms with Gasteiger partial charge < -0.3 is 19.9 Å². The highest BCUT2D eigenvalue weighted by molar-refractivity contribution is 5.96. The van der Waals surface area contributed by atoms with E-state index in [0.717, 1.165) is 36.2 Å². The Labute approximate surface area is 159 Å². The smallest absolute Gasteiger partial charge is 0.254 e. The van der Waals surface area contributed by atoms with Crippen LogP contribution in [0.15, 0.2) is 18.2 Å². The van der Waals surface area contributed by atoms with Gasteiger partial charge in [-0.25, -0.2) is 4.98 Å². The summed E-state index contributed by atoms with van der Waals surface area (Å²) in [5, 5.41) is 6.11. The van der Waals surface area contributed by atoms with E-state index in [1.807, 2.05) is 12.1 Å². The van der Waals surface area contributed by atoms with Crippen LogP contribution < -0.4 is 10.6 Å². The Morgan fingerprint density at radius 2 is 2.16 bits per heavy atom. The molecule has 3 heterocycles. The van der Waals surface area contributed by atoms with Crippen molar-refractivity contribution in [1.82, 2.24) is 14.9 Å². The fourth-order valence-electron chi connectivity index (χ4n) is 3.38. The van der Waals surface area contributed by atoms with Gasteiger partial charge in [0.1, 0.15) is 11.9 Å². The molecule has 25 heavy (non-hydrogen) atoms. The number of aromatic nitrogens is 2. The van der Waals surface area contributed by atoms with Crippen LogP contribution in [0.1, 0.15) is 25.1 Å². The minimum Gasteiger partial charge on any atom is -0.366 e. The maximum Gasteiger partial charge on any atom is 0.254 e. The van der Waals surface area contributed by atoms with E-state index in [1.165, 1.54) is 25.1 Å². The molecule has 1 amide bonds. The van der Waals surface area contributed by atoms with Gasteiger partial charge in [0.15, 0.2) is 0 Å². The van der Waals surface area contributed by atoms with Crippen LogP contribution in [0.25, 0.3) is 11.0 Å². The van der Waals surface area contributed by atoms with Crippen molar-refractivity contribution in [2.45, 2.75) is 38.3 Å². The van der Waals surface area contributed by atoms with Gasteiger partial charge in [-0.1, -0.05) is 6.42 Å². The molecular formula is C17H24Cl2N4O2. The summed E-state index contributed by atoms with van der Waals surface area (Å²) in [6.07, 6.45) is 4.31. The highest BCUT2D eigenvalue weighted by Gasteiger charge is 2.22. The van der Waals surface area contributed by atoms with E-state index in [-0.39, 0.29) is 30.7 Å². The molecule has 6 nitrogen and oxygen atoms in total. The van der Waals surface area contributed by atoms with Crippen molar-refractivity contribution in [3.8, 4) is 0 Å². The summed E-state index contributed by atoms with van der Waals surface area (Å²) in [5.41, 5.74) is 2.91. The van der Waals surface area contributed by atoms with Crippen molar-refractivity contribution in [2.75, 3.05) is 25.0 Å². The number of carbonyl (C=O) groups excluding carboxylic acids is 1. The van der Waals surface area contributed by atoms with Gasteiger partial charge in [-0.05, 0) is 31.0 Å². The molecule has 0 radical (unpaired) electrons. The number of ether oxygens (including phenoxy) is 1. The molecule has 0 spiro atoms. The van der Waals surface area contributed by atoms with Gasteiger partial charge in [0, 0.05) is 31.7 Å². The van der Waals surface area contributed by atoms with Crippen LogP contribution in [0.2, 0.25) is 0 Å². The highest BCUT2D eigenvalue weighted by atomic mass is 35.5. The van der Waals surface area contributed by atoms with Crippen molar-refractivity contribution >= 4 is 47.4 Å². The van der Waals surface area contributed by atoms with Gasteiger partial charge in [0.05, 0.1) is 17.6 Å². The number of hydrogen-bond acceptors (Lipinski definition) is 4. The monoisotopic (exact) mass is 386 g/mol. The first-order valence-corrected chi connectivity index (χ1v) is 8.43. The number of amides is 1. The summed E-state index contributed by atoms with van der Waals surface area (Å²) in [5.74, 6) is 1.07. The van der Waals surface area contributed by atoms with Crippen LogP contribution >= 0.6 is 24.8 Å². The number of morpholine rings is 1. The van der Waals surface area contributed by atoms with E-state index in [2.05, 4.69) is 21.3 Å². The second-order valence-corrected chi connectivity index (χ2v) is 6.25. The Bertz CT molecular complexity index is 729. The molecule has 1 fully saturated rings. The Hall–Kier alpha value is -1.34. The molecule has 1 saturated heterocycles. The van der Waals surface area contributed by atoms with Crippen molar-refractivity contribution in [1.29, 1.82) is 0 Å². The van der Waals surface area contributed by atoms with Crippen molar-refractivity contribution in [2.24, 2.45) is 0 Å². The lowest BCUT2D eigenvalue weighted by Gasteiger charge is -2.22. The van der Waals surface area contributed by atoms with Crippen LogP contribution in [-0.2, 0) is 22.5 Å². The Kier molecular flexibility index (Phi) is 7.07. The summed E-state index contributed by atoms with van der Waals surface area (Å²) in [7, 11) is 0. The fraction of sp³-hybridized carbons (Fsp3) is 0.529. The fourth-order valence-corrected chi connectivity index (χ4v) is 3.38. The number of aryl methyl sites for hydroxylation is 2. The van der Waals surface area contributed by atoms with Gasteiger partial charge in [0.2, 0.25) is 0 Å². The number of hydrogen-bond donors (Lipinski definition) is 2. The molecule has 0 bridgehead atoms. The van der Waals surface area contributed by atoms with Crippen LogP contribution in [0.3, 0.4) is 0 Å². The number of halogens is 2. The zero-order valence-electron chi connectivity index (χ0n) is 14.0. The predicted octanol–water partition coefficient (Wildman–Crippen LogP) is 2.53. The third kappa shape index (κ3) is 4.26. The van der Waals surface area contributed by atoms with Crippen LogP contribution in [0.4, 0.5) is 5.69 Å². The maximum absolute atomic E-state index is 12.2. The first-order chi connectivity index (χ1) is 11.3. The quantitative estimate of drug-likeness (QED) is 0.831. The van der Waals surface area contributed by atoms with Crippen molar-refractivity contribution in [3.05, 3.63) is 24.0 Å². The number of nitrogens with zero attached hydrogens (tertiary/aromatic N) is 2. The van der Waals surface area contributed by atoms with E-state index < -0.39 is 6.10 Å². The summed E-state index contributed by atoms with van der Waals surface area (Å²) < 4.78 is 7.81. The minimum absolute atomic E-state index is 0. The molecule has 8 heteroatoms. The number of nitrogens with one attached hydrogen (secondary N) is 2. The van der Waals surface area contributed by atoms with Crippen molar-refractivity contribution in [3.63, 3.8) is 0 Å². The molecule has 1 unspecified atom stereocenters. The summed E-state index contributed by atoms with van der Waals surface area (Å²) in [6, 6.07) is 5.98. The Morgan fingerprint density at radius 1 is 1.28 bits per heavy atom. The first-order valence-electron chi connectivity index (χ1n) is 8.43. The molecule has 4 rings (SSSR count). The van der Waals surface area contributed by atoms with Gasteiger partial charge in [0.25, 0.3) is 5.91 Å². The maximum atomic E-state index is 12.2. The topological polar surface area (TPSA) is 68.2 Å². The molecule has 0 saturated carbocycles. The van der Waals surface area contributed by atoms with E-state index in [4.69, 9.17) is 9.72 Å². The van der Waals surface area contributed by atoms with E-state index in [9.17, 15) is 4.79 Å². The summed E-state index contributed by atoms with van der Waals surface area (Å²) in [6.45, 7) is 2.98. The SMILES string of the molecule is Cl.Cl.O=C(Nc1ccc2c(c1)nc1n2CCCCC1)C1CNCCO1. The van der Waals surface area contributed by atoms with Crippen LogP contribution in [-0.4, -0.2) is 41.3 Å². The number of imidazole rings is 1. The lowest BCUT2D eigenvalue weighted by Crippen LogP contribution is -2.45. The first kappa shape index (κ1) is 20.0. The number of benzene rings is 1. The number of rotatable bonds is 2. The van der Waals surface area contributed by atoms with Crippen molar-refractivity contribution < 1.29 is 9.53 Å². The second-order valence-electron chi connectivity index (χ2n) is 6.25. The van der Waals surface area contributed by atoms with Gasteiger partial charge in [-0.2, -0.15) is 0 Å². The third-order valence-corrected chi connectivity index (χ3v) is 4.60. The Balaban J connectivity index is 0.00000113. The molecule has 2 N–H and O–H groups in total. The molecule has 2 aromatic rings. The normalized spacial score (nSPS) is 19.9. The lowest BCUT2D eigenvalue weighted by atomic mass is 10.2. The third-order valence-electron chi connectivity index (χ3n) is 4.60. The van der Waals surface area contributed by atoms with E-state index >= 15 is 0 Å². The summed E-state index contributed by atoms with van der Waals surface area (Å²) in [4.78, 5) is 17.0. The second kappa shape index (κ2) is 8.85. The molecule has 138 valence electrons. The van der Waals surface area contributed by atoms with Crippen LogP contribution in [0, 0.1) is 0 Å². The molecular weight excluding hydrogens is 363 g/mol. The van der Waals surface area contributed by atoms with E-state index in [0.29, 0.717) is 13.2 Å². The van der Waals surface area contributed by atoms with E-state index in [1.54, 1.807) is 0 Å². The number of fused-ring (bicyclic) bond motifs is 3.